The van der Waals surface area contributed by atoms with Gasteiger partial charge in [-0.15, -0.1) is 12.4 Å². The molecule has 1 aromatic carbocycles. The van der Waals surface area contributed by atoms with E-state index in [1.165, 1.54) is 6.07 Å². The maximum atomic E-state index is 13.7. The molecule has 2 N–H and O–H groups in total. The second-order valence-corrected chi connectivity index (χ2v) is 7.29. The van der Waals surface area contributed by atoms with Crippen LogP contribution in [0.3, 0.4) is 0 Å². The predicted molar refractivity (Wildman–Crippen MR) is 85.2 cm³/mol. The molecule has 0 radical (unpaired) electrons. The lowest BCUT2D eigenvalue weighted by Gasteiger charge is -2.37. The number of piperidine rings is 1. The summed E-state index contributed by atoms with van der Waals surface area (Å²) < 4.78 is 58.9. The molecular weight excluding hydrogens is 350 g/mol. The van der Waals surface area contributed by atoms with E-state index >= 15 is 0 Å². The third-order valence-electron chi connectivity index (χ3n) is 3.96. The summed E-state index contributed by atoms with van der Waals surface area (Å²) in [5.74, 6) is -2.54. The van der Waals surface area contributed by atoms with Crippen LogP contribution in [0.4, 0.5) is 8.78 Å². The van der Waals surface area contributed by atoms with Crippen LogP contribution in [0.2, 0.25) is 0 Å². The monoisotopic (exact) mass is 370 g/mol. The van der Waals surface area contributed by atoms with Gasteiger partial charge in [0.2, 0.25) is 10.0 Å². The number of hydrogen-bond acceptors (Lipinski definition) is 4. The molecular formula is C14H21ClF2N2O3S. The fourth-order valence-corrected chi connectivity index (χ4v) is 3.90. The maximum Gasteiger partial charge on any atom is 0.243 e. The second-order valence-electron chi connectivity index (χ2n) is 5.56. The Balaban J connectivity index is 0.00000264. The van der Waals surface area contributed by atoms with Gasteiger partial charge in [0.1, 0.15) is 4.90 Å². The Bertz CT molecular complexity index is 617. The van der Waals surface area contributed by atoms with Crippen LogP contribution in [0.25, 0.3) is 0 Å². The molecule has 0 bridgehead atoms. The quantitative estimate of drug-likeness (QED) is 0.799. The van der Waals surface area contributed by atoms with Crippen LogP contribution < -0.4 is 10.0 Å². The van der Waals surface area contributed by atoms with Crippen LogP contribution in [0.5, 0.6) is 0 Å². The Morgan fingerprint density at radius 2 is 1.96 bits per heavy atom. The predicted octanol–water partition coefficient (Wildman–Crippen LogP) is 1.68. The third kappa shape index (κ3) is 4.84. The number of benzene rings is 1. The summed E-state index contributed by atoms with van der Waals surface area (Å²) in [6.45, 7) is 2.06. The molecule has 1 aromatic rings. The van der Waals surface area contributed by atoms with E-state index in [2.05, 4.69) is 10.0 Å². The molecule has 23 heavy (non-hydrogen) atoms. The molecule has 9 heteroatoms. The highest BCUT2D eigenvalue weighted by Crippen LogP contribution is 2.29. The highest BCUT2D eigenvalue weighted by molar-refractivity contribution is 7.89. The van der Waals surface area contributed by atoms with Gasteiger partial charge in [-0.3, -0.25) is 0 Å². The largest absolute Gasteiger partial charge is 0.384 e. The molecule has 1 heterocycles. The summed E-state index contributed by atoms with van der Waals surface area (Å²) in [4.78, 5) is -0.672. The SMILES string of the molecule is COCC1(CNS(=O)(=O)c2cccc(F)c2F)CCNCC1.Cl. The molecule has 132 valence electrons. The average Bonchev–Trinajstić information content (AvgIpc) is 2.49. The van der Waals surface area contributed by atoms with Crippen LogP contribution in [0.15, 0.2) is 23.1 Å². The van der Waals surface area contributed by atoms with Gasteiger partial charge in [0.05, 0.1) is 6.61 Å². The lowest BCUT2D eigenvalue weighted by molar-refractivity contribution is 0.0577. The fourth-order valence-electron chi connectivity index (χ4n) is 2.65. The number of hydrogen-bond donors (Lipinski definition) is 2. The van der Waals surface area contributed by atoms with Gasteiger partial charge < -0.3 is 10.1 Å². The number of ether oxygens (including phenoxy) is 1. The highest BCUT2D eigenvalue weighted by Gasteiger charge is 2.34. The lowest BCUT2D eigenvalue weighted by atomic mass is 9.80. The van der Waals surface area contributed by atoms with Crippen LogP contribution in [-0.2, 0) is 14.8 Å². The van der Waals surface area contributed by atoms with E-state index < -0.39 is 26.6 Å². The molecule has 1 aliphatic rings. The smallest absolute Gasteiger partial charge is 0.243 e. The van der Waals surface area contributed by atoms with E-state index in [9.17, 15) is 17.2 Å². The molecule has 1 aliphatic heterocycles. The average molecular weight is 371 g/mol. The Labute approximate surface area is 141 Å². The molecule has 5 nitrogen and oxygen atoms in total. The van der Waals surface area contributed by atoms with Gasteiger partial charge in [-0.25, -0.2) is 21.9 Å². The second kappa shape index (κ2) is 8.34. The standard InChI is InChI=1S/C14H20F2N2O3S.ClH/c1-21-10-14(5-7-17-8-6-14)9-18-22(19,20)12-4-2-3-11(15)13(12)16;/h2-4,17-18H,5-10H2,1H3;1H. The number of halogens is 3. The van der Waals surface area contributed by atoms with E-state index in [-0.39, 0.29) is 24.4 Å². The third-order valence-corrected chi connectivity index (χ3v) is 5.38. The van der Waals surface area contributed by atoms with Crippen molar-refractivity contribution in [3.8, 4) is 0 Å². The Morgan fingerprint density at radius 3 is 2.57 bits per heavy atom. The van der Waals surface area contributed by atoms with E-state index in [1.807, 2.05) is 0 Å². The number of methoxy groups -OCH3 is 1. The molecule has 0 aromatic heterocycles. The van der Waals surface area contributed by atoms with Crippen molar-refractivity contribution in [3.63, 3.8) is 0 Å². The molecule has 0 atom stereocenters. The molecule has 1 fully saturated rings. The van der Waals surface area contributed by atoms with Crippen molar-refractivity contribution in [2.45, 2.75) is 17.7 Å². The fraction of sp³-hybridized carbons (Fsp3) is 0.571. The van der Waals surface area contributed by atoms with Gasteiger partial charge in [-0.05, 0) is 38.1 Å². The van der Waals surface area contributed by atoms with E-state index in [0.717, 1.165) is 38.1 Å². The summed E-state index contributed by atoms with van der Waals surface area (Å²) in [5, 5.41) is 3.20. The summed E-state index contributed by atoms with van der Waals surface area (Å²) in [6, 6.07) is 3.10. The number of sulfonamides is 1. The van der Waals surface area contributed by atoms with E-state index in [4.69, 9.17) is 4.74 Å². The van der Waals surface area contributed by atoms with Gasteiger partial charge in [0.25, 0.3) is 0 Å². The Hall–Kier alpha value is -0.800. The summed E-state index contributed by atoms with van der Waals surface area (Å²) in [6.07, 6.45) is 1.49. The van der Waals surface area contributed by atoms with Crippen LogP contribution in [0.1, 0.15) is 12.8 Å². The van der Waals surface area contributed by atoms with Crippen LogP contribution in [-0.4, -0.2) is 41.8 Å². The van der Waals surface area contributed by atoms with Gasteiger partial charge in [0.15, 0.2) is 11.6 Å². The zero-order valence-corrected chi connectivity index (χ0v) is 14.4. The molecule has 0 amide bonds. The molecule has 1 saturated heterocycles. The molecule has 0 saturated carbocycles. The van der Waals surface area contributed by atoms with Crippen molar-refractivity contribution in [1.29, 1.82) is 0 Å². The number of nitrogens with one attached hydrogen (secondary N) is 2. The molecule has 0 spiro atoms. The first-order chi connectivity index (χ1) is 10.4. The normalized spacial score (nSPS) is 17.5. The minimum atomic E-state index is -4.11. The van der Waals surface area contributed by atoms with Gasteiger partial charge in [-0.2, -0.15) is 0 Å². The van der Waals surface area contributed by atoms with Crippen molar-refractivity contribution in [2.75, 3.05) is 33.4 Å². The van der Waals surface area contributed by atoms with Crippen molar-refractivity contribution in [3.05, 3.63) is 29.8 Å². The highest BCUT2D eigenvalue weighted by atomic mass is 35.5. The van der Waals surface area contributed by atoms with E-state index in [0.29, 0.717) is 6.61 Å². The van der Waals surface area contributed by atoms with Crippen LogP contribution in [0, 0.1) is 17.0 Å². The zero-order valence-electron chi connectivity index (χ0n) is 12.8. The summed E-state index contributed by atoms with van der Waals surface area (Å²) in [5.41, 5.74) is -0.336. The zero-order chi connectivity index (χ0) is 16.2. The van der Waals surface area contributed by atoms with Crippen molar-refractivity contribution in [2.24, 2.45) is 5.41 Å². The molecule has 0 aliphatic carbocycles. The van der Waals surface area contributed by atoms with Crippen molar-refractivity contribution in [1.82, 2.24) is 10.0 Å². The maximum absolute atomic E-state index is 13.7. The first-order valence-electron chi connectivity index (χ1n) is 7.04. The summed E-state index contributed by atoms with van der Waals surface area (Å²) >= 11 is 0. The van der Waals surface area contributed by atoms with E-state index in [1.54, 1.807) is 7.11 Å². The minimum Gasteiger partial charge on any atom is -0.384 e. The number of rotatable bonds is 6. The first-order valence-corrected chi connectivity index (χ1v) is 8.52. The molecule has 0 unspecified atom stereocenters. The van der Waals surface area contributed by atoms with Crippen molar-refractivity contribution < 1.29 is 21.9 Å². The lowest BCUT2D eigenvalue weighted by Crippen LogP contribution is -2.47. The van der Waals surface area contributed by atoms with Gasteiger partial charge >= 0.3 is 0 Å². The van der Waals surface area contributed by atoms with Crippen LogP contribution >= 0.6 is 12.4 Å². The van der Waals surface area contributed by atoms with Gasteiger partial charge in [0, 0.05) is 19.1 Å². The minimum absolute atomic E-state index is 0. The first kappa shape index (κ1) is 20.2. The Kier molecular flexibility index (Phi) is 7.34. The van der Waals surface area contributed by atoms with Gasteiger partial charge in [-0.1, -0.05) is 6.07 Å². The summed E-state index contributed by atoms with van der Waals surface area (Å²) in [7, 11) is -2.55. The Morgan fingerprint density at radius 1 is 1.30 bits per heavy atom. The topological polar surface area (TPSA) is 67.4 Å². The molecule has 2 rings (SSSR count). The van der Waals surface area contributed by atoms with Crippen molar-refractivity contribution >= 4 is 22.4 Å².